The zero-order valence-electron chi connectivity index (χ0n) is 10.7. The Bertz CT molecular complexity index is 464. The number of carbonyl (C=O) groups is 1. The lowest BCUT2D eigenvalue weighted by molar-refractivity contribution is -0.133. The highest BCUT2D eigenvalue weighted by molar-refractivity contribution is 7.99. The SMILES string of the molecule is CCN(Cc1ccc(F)c(F)c1)C(=O)C1CSCN1. The predicted octanol–water partition coefficient (Wildman–Crippen LogP) is 1.98. The van der Waals surface area contributed by atoms with E-state index in [2.05, 4.69) is 5.32 Å². The molecule has 1 unspecified atom stereocenters. The Hall–Kier alpha value is -1.14. The average Bonchev–Trinajstić information content (AvgIpc) is 2.93. The third-order valence-corrected chi connectivity index (χ3v) is 4.01. The van der Waals surface area contributed by atoms with Crippen molar-refractivity contribution in [2.24, 2.45) is 0 Å². The second-order valence-electron chi connectivity index (χ2n) is 4.37. The van der Waals surface area contributed by atoms with Crippen LogP contribution in [-0.4, -0.2) is 35.0 Å². The van der Waals surface area contributed by atoms with Crippen LogP contribution in [0.5, 0.6) is 0 Å². The van der Waals surface area contributed by atoms with E-state index >= 15 is 0 Å². The molecular formula is C13H16F2N2OS. The second-order valence-corrected chi connectivity index (χ2v) is 5.40. The van der Waals surface area contributed by atoms with Crippen molar-refractivity contribution < 1.29 is 13.6 Å². The largest absolute Gasteiger partial charge is 0.337 e. The van der Waals surface area contributed by atoms with Crippen LogP contribution in [0, 0.1) is 11.6 Å². The minimum absolute atomic E-state index is 0.0113. The molecule has 1 saturated heterocycles. The molecule has 104 valence electrons. The summed E-state index contributed by atoms with van der Waals surface area (Å²) in [4.78, 5) is 13.9. The van der Waals surface area contributed by atoms with Gasteiger partial charge in [-0.25, -0.2) is 8.78 Å². The molecule has 1 aliphatic heterocycles. The molecule has 1 aromatic carbocycles. The van der Waals surface area contributed by atoms with Crippen molar-refractivity contribution >= 4 is 17.7 Å². The molecular weight excluding hydrogens is 270 g/mol. The van der Waals surface area contributed by atoms with Crippen LogP contribution in [0.1, 0.15) is 12.5 Å². The lowest BCUT2D eigenvalue weighted by atomic mass is 10.2. The Balaban J connectivity index is 2.05. The normalized spacial score (nSPS) is 18.6. The number of halogens is 2. The molecule has 19 heavy (non-hydrogen) atoms. The first-order valence-corrected chi connectivity index (χ1v) is 7.31. The van der Waals surface area contributed by atoms with E-state index in [0.29, 0.717) is 18.7 Å². The minimum atomic E-state index is -0.879. The summed E-state index contributed by atoms with van der Waals surface area (Å²) >= 11 is 1.68. The molecule has 0 aromatic heterocycles. The molecule has 0 saturated carbocycles. The number of thioether (sulfide) groups is 1. The molecule has 0 bridgehead atoms. The van der Waals surface area contributed by atoms with Gasteiger partial charge in [-0.2, -0.15) is 0 Å². The van der Waals surface area contributed by atoms with Crippen LogP contribution in [0.2, 0.25) is 0 Å². The zero-order chi connectivity index (χ0) is 13.8. The molecule has 1 N–H and O–H groups in total. The summed E-state index contributed by atoms with van der Waals surface area (Å²) in [5, 5.41) is 3.12. The maximum atomic E-state index is 13.1. The highest BCUT2D eigenvalue weighted by Crippen LogP contribution is 2.15. The minimum Gasteiger partial charge on any atom is -0.337 e. The topological polar surface area (TPSA) is 32.3 Å². The zero-order valence-corrected chi connectivity index (χ0v) is 11.5. The van der Waals surface area contributed by atoms with Crippen molar-refractivity contribution in [3.63, 3.8) is 0 Å². The summed E-state index contributed by atoms with van der Waals surface area (Å²) in [7, 11) is 0. The van der Waals surface area contributed by atoms with Gasteiger partial charge in [-0.05, 0) is 24.6 Å². The molecule has 2 rings (SSSR count). The summed E-state index contributed by atoms with van der Waals surface area (Å²) in [6.45, 7) is 2.72. The molecule has 1 aliphatic rings. The number of hydrogen-bond donors (Lipinski definition) is 1. The number of nitrogens with one attached hydrogen (secondary N) is 1. The van der Waals surface area contributed by atoms with Crippen molar-refractivity contribution in [1.29, 1.82) is 0 Å². The van der Waals surface area contributed by atoms with E-state index in [1.165, 1.54) is 6.07 Å². The molecule has 1 fully saturated rings. The summed E-state index contributed by atoms with van der Waals surface area (Å²) in [6.07, 6.45) is 0. The lowest BCUT2D eigenvalue weighted by Gasteiger charge is -2.24. The second kappa shape index (κ2) is 6.34. The van der Waals surface area contributed by atoms with Gasteiger partial charge in [0.05, 0.1) is 6.04 Å². The third kappa shape index (κ3) is 3.45. The van der Waals surface area contributed by atoms with Gasteiger partial charge in [0, 0.05) is 24.7 Å². The van der Waals surface area contributed by atoms with Gasteiger partial charge >= 0.3 is 0 Å². The smallest absolute Gasteiger partial charge is 0.240 e. The lowest BCUT2D eigenvalue weighted by Crippen LogP contribution is -2.44. The van der Waals surface area contributed by atoms with Crippen LogP contribution >= 0.6 is 11.8 Å². The molecule has 1 heterocycles. The number of carbonyl (C=O) groups excluding carboxylic acids is 1. The first kappa shape index (κ1) is 14.3. The summed E-state index contributed by atoms with van der Waals surface area (Å²) in [6, 6.07) is 3.56. The predicted molar refractivity (Wildman–Crippen MR) is 71.7 cm³/mol. The fourth-order valence-electron chi connectivity index (χ4n) is 1.98. The first-order chi connectivity index (χ1) is 9.11. The molecule has 1 atom stereocenters. The average molecular weight is 286 g/mol. The highest BCUT2D eigenvalue weighted by atomic mass is 32.2. The van der Waals surface area contributed by atoms with Gasteiger partial charge in [0.1, 0.15) is 0 Å². The Morgan fingerprint density at radius 2 is 2.26 bits per heavy atom. The number of rotatable bonds is 4. The van der Waals surface area contributed by atoms with Gasteiger partial charge in [0.2, 0.25) is 5.91 Å². The van der Waals surface area contributed by atoms with Gasteiger partial charge in [-0.3, -0.25) is 10.1 Å². The number of nitrogens with zero attached hydrogens (tertiary/aromatic N) is 1. The van der Waals surface area contributed by atoms with E-state index in [1.54, 1.807) is 16.7 Å². The quantitative estimate of drug-likeness (QED) is 0.918. The molecule has 0 spiro atoms. The number of likely N-dealkylation sites (N-methyl/N-ethyl adjacent to an activating group) is 1. The van der Waals surface area contributed by atoms with Crippen molar-refractivity contribution in [3.8, 4) is 0 Å². The monoisotopic (exact) mass is 286 g/mol. The van der Waals surface area contributed by atoms with Crippen LogP contribution in [0.25, 0.3) is 0 Å². The van der Waals surface area contributed by atoms with Crippen LogP contribution in [-0.2, 0) is 11.3 Å². The summed E-state index contributed by atoms with van der Waals surface area (Å²) in [5.41, 5.74) is 0.597. The number of benzene rings is 1. The fraction of sp³-hybridized carbons (Fsp3) is 0.462. The van der Waals surface area contributed by atoms with Crippen molar-refractivity contribution in [1.82, 2.24) is 10.2 Å². The van der Waals surface area contributed by atoms with E-state index in [9.17, 15) is 13.6 Å². The summed E-state index contributed by atoms with van der Waals surface area (Å²) < 4.78 is 26.0. The Labute approximate surface area is 115 Å². The Morgan fingerprint density at radius 1 is 1.47 bits per heavy atom. The molecule has 0 aliphatic carbocycles. The van der Waals surface area contributed by atoms with Gasteiger partial charge in [0.25, 0.3) is 0 Å². The van der Waals surface area contributed by atoms with Gasteiger partial charge in [-0.15, -0.1) is 11.8 Å². The first-order valence-electron chi connectivity index (χ1n) is 6.15. The standard InChI is InChI=1S/C13H16F2N2OS/c1-2-17(13(18)12-7-19-8-16-12)6-9-3-4-10(14)11(15)5-9/h3-5,12,16H,2,6-8H2,1H3. The third-order valence-electron chi connectivity index (χ3n) is 3.07. The Kier molecular flexibility index (Phi) is 4.76. The fourth-order valence-corrected chi connectivity index (χ4v) is 2.91. The van der Waals surface area contributed by atoms with E-state index in [1.807, 2.05) is 6.92 Å². The van der Waals surface area contributed by atoms with E-state index in [4.69, 9.17) is 0 Å². The maximum Gasteiger partial charge on any atom is 0.240 e. The van der Waals surface area contributed by atoms with Crippen LogP contribution in [0.4, 0.5) is 8.78 Å². The van der Waals surface area contributed by atoms with Crippen molar-refractivity contribution in [2.45, 2.75) is 19.5 Å². The number of amides is 1. The molecule has 3 nitrogen and oxygen atoms in total. The highest BCUT2D eigenvalue weighted by Gasteiger charge is 2.26. The van der Waals surface area contributed by atoms with Gasteiger partial charge in [0.15, 0.2) is 11.6 Å². The molecule has 6 heteroatoms. The molecule has 1 amide bonds. The summed E-state index contributed by atoms with van der Waals surface area (Å²) in [5.74, 6) is -0.202. The van der Waals surface area contributed by atoms with Gasteiger partial charge in [-0.1, -0.05) is 6.07 Å². The van der Waals surface area contributed by atoms with Crippen molar-refractivity contribution in [3.05, 3.63) is 35.4 Å². The van der Waals surface area contributed by atoms with Crippen LogP contribution in [0.3, 0.4) is 0 Å². The maximum absolute atomic E-state index is 13.1. The van der Waals surface area contributed by atoms with Crippen molar-refractivity contribution in [2.75, 3.05) is 18.2 Å². The van der Waals surface area contributed by atoms with E-state index in [0.717, 1.165) is 23.8 Å². The molecule has 1 aromatic rings. The van der Waals surface area contributed by atoms with E-state index < -0.39 is 11.6 Å². The van der Waals surface area contributed by atoms with Crippen LogP contribution < -0.4 is 5.32 Å². The van der Waals surface area contributed by atoms with E-state index in [-0.39, 0.29) is 11.9 Å². The number of hydrogen-bond acceptors (Lipinski definition) is 3. The van der Waals surface area contributed by atoms with Crippen LogP contribution in [0.15, 0.2) is 18.2 Å². The Morgan fingerprint density at radius 3 is 2.84 bits per heavy atom. The van der Waals surface area contributed by atoms with Gasteiger partial charge < -0.3 is 4.90 Å². The molecule has 0 radical (unpaired) electrons.